The number of aromatic nitrogens is 2. The Morgan fingerprint density at radius 3 is 1.66 bits per heavy atom. The van der Waals surface area contributed by atoms with E-state index in [-0.39, 0.29) is 0 Å². The molecule has 0 saturated carbocycles. The Kier molecular flexibility index (Phi) is 14.9. The summed E-state index contributed by atoms with van der Waals surface area (Å²) >= 11 is 0. The van der Waals surface area contributed by atoms with Crippen LogP contribution in [0.25, 0.3) is 11.4 Å². The molecule has 0 atom stereocenters. The van der Waals surface area contributed by atoms with Crippen LogP contribution in [0, 0.1) is 0 Å². The van der Waals surface area contributed by atoms with Crippen molar-refractivity contribution in [2.24, 2.45) is 0 Å². The fraction of sp³-hybridized carbons (Fsp3) is 0.700. The Morgan fingerprint density at radius 1 is 0.594 bits per heavy atom. The summed E-state index contributed by atoms with van der Waals surface area (Å²) in [6, 6.07) is 11.0. The third-order valence-corrected chi connectivity index (χ3v) is 6.76. The Morgan fingerprint density at radius 2 is 1.09 bits per heavy atom. The van der Waals surface area contributed by atoms with Gasteiger partial charge in [0.25, 0.3) is 5.82 Å². The molecular formula is C30H51N2+. The number of aryl methyl sites for hydroxylation is 2. The predicted octanol–water partition coefficient (Wildman–Crippen LogP) is 9.11. The fourth-order valence-electron chi connectivity index (χ4n) is 4.76. The first-order chi connectivity index (χ1) is 15.9. The van der Waals surface area contributed by atoms with Crippen LogP contribution in [0.1, 0.15) is 123 Å². The topological polar surface area (TPSA) is 8.81 Å². The van der Waals surface area contributed by atoms with Crippen molar-refractivity contribution < 1.29 is 4.57 Å². The van der Waals surface area contributed by atoms with E-state index in [0.717, 1.165) is 13.1 Å². The van der Waals surface area contributed by atoms with E-state index in [1.807, 2.05) is 0 Å². The second-order valence-corrected chi connectivity index (χ2v) is 9.68. The van der Waals surface area contributed by atoms with Crippen LogP contribution in [0.4, 0.5) is 0 Å². The van der Waals surface area contributed by atoms with Gasteiger partial charge in [-0.15, -0.1) is 0 Å². The van der Waals surface area contributed by atoms with Crippen LogP contribution in [0.15, 0.2) is 42.7 Å². The first kappa shape index (κ1) is 26.7. The third-order valence-electron chi connectivity index (χ3n) is 6.76. The van der Waals surface area contributed by atoms with Crippen molar-refractivity contribution in [1.82, 2.24) is 4.57 Å². The minimum Gasteiger partial charge on any atom is -0.230 e. The first-order valence-electron chi connectivity index (χ1n) is 14.0. The van der Waals surface area contributed by atoms with Crippen molar-refractivity contribution in [1.29, 1.82) is 0 Å². The van der Waals surface area contributed by atoms with Gasteiger partial charge >= 0.3 is 0 Å². The molecular weight excluding hydrogens is 388 g/mol. The molecule has 1 heterocycles. The zero-order valence-electron chi connectivity index (χ0n) is 21.4. The maximum atomic E-state index is 2.49. The van der Waals surface area contributed by atoms with Gasteiger partial charge in [-0.1, -0.05) is 116 Å². The summed E-state index contributed by atoms with van der Waals surface area (Å²) in [5, 5.41) is 0. The largest absolute Gasteiger partial charge is 0.288 e. The summed E-state index contributed by atoms with van der Waals surface area (Å²) in [6.45, 7) is 6.85. The molecule has 1 aromatic heterocycles. The van der Waals surface area contributed by atoms with E-state index >= 15 is 0 Å². The van der Waals surface area contributed by atoms with E-state index in [0.29, 0.717) is 0 Å². The molecule has 0 aliphatic rings. The number of nitrogens with zero attached hydrogens (tertiary/aromatic N) is 2. The molecule has 0 spiro atoms. The highest BCUT2D eigenvalue weighted by atomic mass is 15.1. The Bertz CT molecular complexity index is 673. The van der Waals surface area contributed by atoms with Gasteiger partial charge in [-0.25, -0.2) is 9.13 Å². The molecule has 0 N–H and O–H groups in total. The lowest BCUT2D eigenvalue weighted by atomic mass is 10.0. The minimum absolute atomic E-state index is 1.13. The quantitative estimate of drug-likeness (QED) is 0.144. The summed E-state index contributed by atoms with van der Waals surface area (Å²) < 4.78 is 4.95. The van der Waals surface area contributed by atoms with Gasteiger partial charge in [-0.05, 0) is 37.8 Å². The molecule has 0 aliphatic heterocycles. The van der Waals surface area contributed by atoms with Crippen LogP contribution < -0.4 is 4.57 Å². The summed E-state index contributed by atoms with van der Waals surface area (Å²) in [6.07, 6.45) is 28.3. The molecule has 1 aromatic carbocycles. The van der Waals surface area contributed by atoms with Crippen LogP contribution in [-0.2, 0) is 13.1 Å². The number of hydrogen-bond donors (Lipinski definition) is 0. The van der Waals surface area contributed by atoms with Crippen molar-refractivity contribution in [2.45, 2.75) is 136 Å². The molecule has 0 fully saturated rings. The SMILES string of the molecule is CCCCCCCCCCCCCCCCn1cc[n+](CCCCC)c1-c1ccccc1. The van der Waals surface area contributed by atoms with Gasteiger partial charge in [0, 0.05) is 0 Å². The van der Waals surface area contributed by atoms with Crippen LogP contribution in [0.3, 0.4) is 0 Å². The lowest BCUT2D eigenvalue weighted by molar-refractivity contribution is -0.686. The summed E-state index contributed by atoms with van der Waals surface area (Å²) in [7, 11) is 0. The lowest BCUT2D eigenvalue weighted by Crippen LogP contribution is -2.34. The zero-order valence-corrected chi connectivity index (χ0v) is 21.4. The van der Waals surface area contributed by atoms with Gasteiger partial charge in [-0.2, -0.15) is 0 Å². The maximum Gasteiger partial charge on any atom is 0.288 e. The molecule has 0 saturated heterocycles. The first-order valence-corrected chi connectivity index (χ1v) is 14.0. The molecule has 2 aromatic rings. The summed E-state index contributed by atoms with van der Waals surface area (Å²) in [4.78, 5) is 0. The van der Waals surface area contributed by atoms with Crippen LogP contribution in [0.2, 0.25) is 0 Å². The Hall–Kier alpha value is -1.57. The van der Waals surface area contributed by atoms with Crippen molar-refractivity contribution in [2.75, 3.05) is 0 Å². The van der Waals surface area contributed by atoms with E-state index < -0.39 is 0 Å². The number of unbranched alkanes of at least 4 members (excludes halogenated alkanes) is 15. The smallest absolute Gasteiger partial charge is 0.230 e. The average molecular weight is 440 g/mol. The monoisotopic (exact) mass is 439 g/mol. The fourth-order valence-corrected chi connectivity index (χ4v) is 4.76. The van der Waals surface area contributed by atoms with E-state index in [1.165, 1.54) is 121 Å². The van der Waals surface area contributed by atoms with Crippen molar-refractivity contribution in [3.05, 3.63) is 42.7 Å². The molecule has 0 bridgehead atoms. The molecule has 0 radical (unpaired) electrons. The van der Waals surface area contributed by atoms with Crippen molar-refractivity contribution in [3.8, 4) is 11.4 Å². The molecule has 2 heteroatoms. The Labute approximate surface area is 199 Å². The molecule has 32 heavy (non-hydrogen) atoms. The molecule has 180 valence electrons. The van der Waals surface area contributed by atoms with Gasteiger partial charge in [-0.3, -0.25) is 0 Å². The number of rotatable bonds is 20. The van der Waals surface area contributed by atoms with E-state index in [9.17, 15) is 0 Å². The normalized spacial score (nSPS) is 11.3. The summed E-state index contributed by atoms with van der Waals surface area (Å²) in [5.41, 5.74) is 1.35. The number of hydrogen-bond acceptors (Lipinski definition) is 0. The minimum atomic E-state index is 1.13. The molecule has 0 aliphatic carbocycles. The van der Waals surface area contributed by atoms with Gasteiger partial charge in [0.15, 0.2) is 0 Å². The predicted molar refractivity (Wildman–Crippen MR) is 140 cm³/mol. The molecule has 2 rings (SSSR count). The van der Waals surface area contributed by atoms with Crippen LogP contribution >= 0.6 is 0 Å². The third kappa shape index (κ3) is 10.8. The second kappa shape index (κ2) is 17.9. The van der Waals surface area contributed by atoms with Crippen molar-refractivity contribution >= 4 is 0 Å². The van der Waals surface area contributed by atoms with E-state index in [2.05, 4.69) is 65.7 Å². The highest BCUT2D eigenvalue weighted by molar-refractivity contribution is 5.52. The molecule has 2 nitrogen and oxygen atoms in total. The Balaban J connectivity index is 1.61. The van der Waals surface area contributed by atoms with Crippen LogP contribution in [0.5, 0.6) is 0 Å². The lowest BCUT2D eigenvalue weighted by Gasteiger charge is -2.06. The van der Waals surface area contributed by atoms with Crippen molar-refractivity contribution in [3.63, 3.8) is 0 Å². The van der Waals surface area contributed by atoms with Gasteiger partial charge in [0.1, 0.15) is 12.4 Å². The molecule has 0 unspecified atom stereocenters. The maximum absolute atomic E-state index is 2.49. The van der Waals surface area contributed by atoms with Crippen LogP contribution in [-0.4, -0.2) is 4.57 Å². The summed E-state index contributed by atoms with van der Waals surface area (Å²) in [5.74, 6) is 1.39. The highest BCUT2D eigenvalue weighted by Crippen LogP contribution is 2.18. The number of benzene rings is 1. The van der Waals surface area contributed by atoms with E-state index in [4.69, 9.17) is 0 Å². The molecule has 0 amide bonds. The number of imidazole rings is 1. The zero-order chi connectivity index (χ0) is 22.7. The highest BCUT2D eigenvalue weighted by Gasteiger charge is 2.18. The van der Waals surface area contributed by atoms with Gasteiger partial charge < -0.3 is 0 Å². The van der Waals surface area contributed by atoms with E-state index in [1.54, 1.807) is 0 Å². The van der Waals surface area contributed by atoms with Gasteiger partial charge in [0.05, 0.1) is 18.7 Å². The second-order valence-electron chi connectivity index (χ2n) is 9.68. The standard InChI is InChI=1S/C30H51N2/c1-3-5-7-8-9-10-11-12-13-14-15-16-17-22-26-32-28-27-31(25-21-6-4-2)30(32)29-23-19-18-20-24-29/h18-20,23-24,27-28H,3-17,21-22,25-26H2,1-2H3/q+1. The van der Waals surface area contributed by atoms with Gasteiger partial charge in [0.2, 0.25) is 0 Å². The average Bonchev–Trinajstić information content (AvgIpc) is 3.22.